The number of carbonyl (C=O) groups excluding carboxylic acids is 1. The number of benzene rings is 1. The number of nitrogens with zero attached hydrogens (tertiary/aromatic N) is 1. The number of rotatable bonds is 9. The molecular weight excluding hydrogens is 293 g/mol. The molecular formula is C19H30FNO2. The van der Waals surface area contributed by atoms with Gasteiger partial charge in [0, 0.05) is 13.6 Å². The Morgan fingerprint density at radius 2 is 1.91 bits per heavy atom. The first-order chi connectivity index (χ1) is 10.8. The molecule has 1 aromatic carbocycles. The standard InChI is InChI=1S/C19H30FNO2/c1-14(2)13-21(5)17-11-8-10-16(18(17)20)9-6-7-12-23-19(22)15(3)4/h8,10-11,14-15H,6-7,9,12-13H2,1-5H3. The largest absolute Gasteiger partial charge is 0.465 e. The maximum atomic E-state index is 14.6. The minimum Gasteiger partial charge on any atom is -0.465 e. The van der Waals surface area contributed by atoms with Crippen molar-refractivity contribution < 1.29 is 13.9 Å². The molecule has 0 unspecified atom stereocenters. The smallest absolute Gasteiger partial charge is 0.308 e. The highest BCUT2D eigenvalue weighted by Gasteiger charge is 2.13. The minimum absolute atomic E-state index is 0.0966. The van der Waals surface area contributed by atoms with Crippen molar-refractivity contribution in [1.29, 1.82) is 0 Å². The van der Waals surface area contributed by atoms with Crippen molar-refractivity contribution in [1.82, 2.24) is 0 Å². The molecule has 23 heavy (non-hydrogen) atoms. The van der Waals surface area contributed by atoms with Crippen molar-refractivity contribution in [3.63, 3.8) is 0 Å². The van der Waals surface area contributed by atoms with Gasteiger partial charge in [0.2, 0.25) is 0 Å². The normalized spacial score (nSPS) is 11.1. The van der Waals surface area contributed by atoms with E-state index in [9.17, 15) is 9.18 Å². The number of anilines is 1. The Morgan fingerprint density at radius 3 is 2.52 bits per heavy atom. The summed E-state index contributed by atoms with van der Waals surface area (Å²) in [5, 5.41) is 0. The van der Waals surface area contributed by atoms with E-state index >= 15 is 0 Å². The van der Waals surface area contributed by atoms with Crippen LogP contribution in [0, 0.1) is 17.7 Å². The van der Waals surface area contributed by atoms with E-state index < -0.39 is 0 Å². The van der Waals surface area contributed by atoms with E-state index in [-0.39, 0.29) is 17.7 Å². The summed E-state index contributed by atoms with van der Waals surface area (Å²) in [6.45, 7) is 9.11. The van der Waals surface area contributed by atoms with Gasteiger partial charge in [-0.25, -0.2) is 4.39 Å². The first kappa shape index (κ1) is 19.5. The van der Waals surface area contributed by atoms with Crippen LogP contribution in [-0.2, 0) is 16.0 Å². The molecule has 0 aliphatic carbocycles. The van der Waals surface area contributed by atoms with Crippen LogP contribution in [0.2, 0.25) is 0 Å². The Bertz CT molecular complexity index is 500. The van der Waals surface area contributed by atoms with Crippen LogP contribution in [0.15, 0.2) is 18.2 Å². The Morgan fingerprint density at radius 1 is 1.22 bits per heavy atom. The van der Waals surface area contributed by atoms with Gasteiger partial charge in [0.1, 0.15) is 5.82 Å². The number of unbranched alkanes of at least 4 members (excludes halogenated alkanes) is 1. The second-order valence-corrected chi connectivity index (χ2v) is 6.80. The van der Waals surface area contributed by atoms with Gasteiger partial charge in [0.05, 0.1) is 18.2 Å². The zero-order valence-electron chi connectivity index (χ0n) is 15.1. The lowest BCUT2D eigenvalue weighted by atomic mass is 10.1. The fourth-order valence-electron chi connectivity index (χ4n) is 2.46. The van der Waals surface area contributed by atoms with Crippen molar-refractivity contribution in [3.05, 3.63) is 29.6 Å². The minimum atomic E-state index is -0.173. The van der Waals surface area contributed by atoms with E-state index in [2.05, 4.69) is 13.8 Å². The summed E-state index contributed by atoms with van der Waals surface area (Å²) >= 11 is 0. The Hall–Kier alpha value is -1.58. The summed E-state index contributed by atoms with van der Waals surface area (Å²) in [5.41, 5.74) is 1.38. The van der Waals surface area contributed by atoms with Gasteiger partial charge in [-0.15, -0.1) is 0 Å². The molecule has 0 bridgehead atoms. The molecule has 0 aromatic heterocycles. The van der Waals surface area contributed by atoms with Crippen LogP contribution in [0.25, 0.3) is 0 Å². The molecule has 4 heteroatoms. The lowest BCUT2D eigenvalue weighted by molar-refractivity contribution is -0.147. The van der Waals surface area contributed by atoms with Crippen molar-refractivity contribution in [2.45, 2.75) is 47.0 Å². The molecule has 130 valence electrons. The van der Waals surface area contributed by atoms with E-state index in [0.29, 0.717) is 24.6 Å². The predicted molar refractivity (Wildman–Crippen MR) is 93.2 cm³/mol. The molecule has 0 saturated carbocycles. The highest BCUT2D eigenvalue weighted by atomic mass is 19.1. The van der Waals surface area contributed by atoms with Gasteiger partial charge in [-0.3, -0.25) is 4.79 Å². The molecule has 0 atom stereocenters. The van der Waals surface area contributed by atoms with E-state index in [1.54, 1.807) is 0 Å². The molecule has 1 rings (SSSR count). The van der Waals surface area contributed by atoms with E-state index in [1.165, 1.54) is 0 Å². The second kappa shape index (κ2) is 9.53. The molecule has 1 aromatic rings. The lowest BCUT2D eigenvalue weighted by Crippen LogP contribution is -2.23. The molecule has 0 aliphatic rings. The van der Waals surface area contributed by atoms with Crippen LogP contribution in [-0.4, -0.2) is 26.2 Å². The third kappa shape index (κ3) is 6.59. The molecule has 0 N–H and O–H groups in total. The zero-order chi connectivity index (χ0) is 17.4. The van der Waals surface area contributed by atoms with Crippen LogP contribution >= 0.6 is 0 Å². The zero-order valence-corrected chi connectivity index (χ0v) is 15.1. The number of hydrogen-bond donors (Lipinski definition) is 0. The summed E-state index contributed by atoms with van der Waals surface area (Å²) in [4.78, 5) is 13.3. The number of aryl methyl sites for hydroxylation is 1. The second-order valence-electron chi connectivity index (χ2n) is 6.80. The molecule has 0 saturated heterocycles. The lowest BCUT2D eigenvalue weighted by Gasteiger charge is -2.23. The van der Waals surface area contributed by atoms with Gasteiger partial charge < -0.3 is 9.64 Å². The number of esters is 1. The van der Waals surface area contributed by atoms with E-state index in [4.69, 9.17) is 4.74 Å². The van der Waals surface area contributed by atoms with E-state index in [0.717, 1.165) is 24.9 Å². The molecule has 0 spiro atoms. The van der Waals surface area contributed by atoms with Crippen molar-refractivity contribution in [2.24, 2.45) is 11.8 Å². The summed E-state index contributed by atoms with van der Waals surface area (Å²) in [6.07, 6.45) is 2.22. The van der Waals surface area contributed by atoms with Gasteiger partial charge in [0.15, 0.2) is 0 Å². The number of halogens is 1. The topological polar surface area (TPSA) is 29.5 Å². The fourth-order valence-corrected chi connectivity index (χ4v) is 2.46. The van der Waals surface area contributed by atoms with Gasteiger partial charge in [-0.1, -0.05) is 39.8 Å². The molecule has 0 heterocycles. The first-order valence-electron chi connectivity index (χ1n) is 8.48. The predicted octanol–water partition coefficient (Wildman–Crippen LogP) is 4.44. The SMILES string of the molecule is CC(C)CN(C)c1cccc(CCCCOC(=O)C(C)C)c1F. The van der Waals surface area contributed by atoms with Crippen LogP contribution in [0.4, 0.5) is 10.1 Å². The van der Waals surface area contributed by atoms with Crippen molar-refractivity contribution in [3.8, 4) is 0 Å². The highest BCUT2D eigenvalue weighted by Crippen LogP contribution is 2.23. The Balaban J connectivity index is 2.50. The van der Waals surface area contributed by atoms with Crippen LogP contribution in [0.3, 0.4) is 0 Å². The molecule has 0 radical (unpaired) electrons. The quantitative estimate of drug-likeness (QED) is 0.497. The monoisotopic (exact) mass is 323 g/mol. The van der Waals surface area contributed by atoms with Crippen LogP contribution < -0.4 is 4.90 Å². The molecule has 0 amide bonds. The van der Waals surface area contributed by atoms with Crippen molar-refractivity contribution in [2.75, 3.05) is 25.1 Å². The number of ether oxygens (including phenoxy) is 1. The summed E-state index contributed by atoms with van der Waals surface area (Å²) in [5.74, 6) is 0.0858. The van der Waals surface area contributed by atoms with Crippen LogP contribution in [0.5, 0.6) is 0 Å². The van der Waals surface area contributed by atoms with Gasteiger partial charge >= 0.3 is 5.97 Å². The van der Waals surface area contributed by atoms with Gasteiger partial charge in [-0.05, 0) is 36.8 Å². The maximum absolute atomic E-state index is 14.6. The number of carbonyl (C=O) groups is 1. The van der Waals surface area contributed by atoms with Crippen molar-refractivity contribution >= 4 is 11.7 Å². The fraction of sp³-hybridized carbons (Fsp3) is 0.632. The molecule has 3 nitrogen and oxygen atoms in total. The first-order valence-corrected chi connectivity index (χ1v) is 8.48. The Labute approximate surface area is 139 Å². The third-order valence-electron chi connectivity index (χ3n) is 3.66. The van der Waals surface area contributed by atoms with Gasteiger partial charge in [0.25, 0.3) is 0 Å². The summed E-state index contributed by atoms with van der Waals surface area (Å²) in [7, 11) is 1.92. The van der Waals surface area contributed by atoms with Crippen LogP contribution in [0.1, 0.15) is 46.1 Å². The van der Waals surface area contributed by atoms with E-state index in [1.807, 2.05) is 44.0 Å². The number of hydrogen-bond acceptors (Lipinski definition) is 3. The summed E-state index contributed by atoms with van der Waals surface area (Å²) in [6, 6.07) is 5.57. The summed E-state index contributed by atoms with van der Waals surface area (Å²) < 4.78 is 19.7. The average Bonchev–Trinajstić information content (AvgIpc) is 2.47. The third-order valence-corrected chi connectivity index (χ3v) is 3.66. The maximum Gasteiger partial charge on any atom is 0.308 e. The molecule has 0 aliphatic heterocycles. The Kier molecular flexibility index (Phi) is 8.07. The average molecular weight is 323 g/mol. The molecule has 0 fully saturated rings. The van der Waals surface area contributed by atoms with Gasteiger partial charge in [-0.2, -0.15) is 0 Å². The highest BCUT2D eigenvalue weighted by molar-refractivity contribution is 5.71.